The molecule has 0 amide bonds. The second kappa shape index (κ2) is 9.37. The van der Waals surface area contributed by atoms with Crippen LogP contribution in [0.2, 0.25) is 10.0 Å². The minimum atomic E-state index is -0.103. The number of pyridine rings is 2. The van der Waals surface area contributed by atoms with Crippen LogP contribution < -0.4 is 5.32 Å². The van der Waals surface area contributed by atoms with Gasteiger partial charge in [-0.3, -0.25) is 9.97 Å². The van der Waals surface area contributed by atoms with Gasteiger partial charge in [-0.05, 0) is 73.6 Å². The van der Waals surface area contributed by atoms with E-state index in [0.29, 0.717) is 21.7 Å². The first-order valence-electron chi connectivity index (χ1n) is 11.0. The van der Waals surface area contributed by atoms with Gasteiger partial charge in [0.1, 0.15) is 0 Å². The largest absolute Gasteiger partial charge is 0.352 e. The van der Waals surface area contributed by atoms with Crippen molar-refractivity contribution in [1.29, 1.82) is 0 Å². The first-order chi connectivity index (χ1) is 16.5. The zero-order valence-corrected chi connectivity index (χ0v) is 21.1. The first kappa shape index (κ1) is 22.8. The molecule has 4 heterocycles. The molecule has 0 aliphatic carbocycles. The highest BCUT2D eigenvalue weighted by atomic mass is 35.5. The van der Waals surface area contributed by atoms with Crippen molar-refractivity contribution in [1.82, 2.24) is 24.8 Å². The van der Waals surface area contributed by atoms with Crippen LogP contribution in [0.25, 0.3) is 5.69 Å². The lowest BCUT2D eigenvalue weighted by molar-refractivity contribution is 0.310. The van der Waals surface area contributed by atoms with E-state index in [-0.39, 0.29) is 12.1 Å². The fourth-order valence-electron chi connectivity index (χ4n) is 4.73. The molecule has 8 heteroatoms. The summed E-state index contributed by atoms with van der Waals surface area (Å²) in [5, 5.41) is 5.28. The van der Waals surface area contributed by atoms with E-state index < -0.39 is 0 Å². The third-order valence-electron chi connectivity index (χ3n) is 6.23. The Morgan fingerprint density at radius 3 is 2.62 bits per heavy atom. The van der Waals surface area contributed by atoms with E-state index >= 15 is 0 Å². The predicted octanol–water partition coefficient (Wildman–Crippen LogP) is 6.36. The summed E-state index contributed by atoms with van der Waals surface area (Å²) in [7, 11) is 0. The minimum Gasteiger partial charge on any atom is -0.352 e. The molecule has 1 aromatic carbocycles. The fourth-order valence-corrected chi connectivity index (χ4v) is 5.41. The third kappa shape index (κ3) is 4.06. The van der Waals surface area contributed by atoms with Crippen LogP contribution in [-0.4, -0.2) is 24.5 Å². The first-order valence-corrected chi connectivity index (χ1v) is 12.1. The van der Waals surface area contributed by atoms with E-state index in [0.717, 1.165) is 33.9 Å². The number of benzene rings is 1. The lowest BCUT2D eigenvalue weighted by Gasteiger charge is -2.28. The summed E-state index contributed by atoms with van der Waals surface area (Å²) in [6.07, 6.45) is 5.47. The molecule has 0 saturated carbocycles. The molecule has 0 radical (unpaired) electrons. The van der Waals surface area contributed by atoms with Crippen molar-refractivity contribution < 1.29 is 0 Å². The molecule has 2 atom stereocenters. The van der Waals surface area contributed by atoms with Crippen LogP contribution in [0.3, 0.4) is 0 Å². The predicted molar refractivity (Wildman–Crippen MR) is 140 cm³/mol. The summed E-state index contributed by atoms with van der Waals surface area (Å²) < 4.78 is 2.16. The van der Waals surface area contributed by atoms with Crippen LogP contribution >= 0.6 is 35.4 Å². The van der Waals surface area contributed by atoms with Gasteiger partial charge < -0.3 is 14.8 Å². The van der Waals surface area contributed by atoms with Crippen molar-refractivity contribution in [2.45, 2.75) is 32.5 Å². The van der Waals surface area contributed by atoms with Gasteiger partial charge in [0.25, 0.3) is 0 Å². The van der Waals surface area contributed by atoms with E-state index in [1.54, 1.807) is 12.3 Å². The monoisotopic (exact) mass is 507 g/mol. The average Bonchev–Trinajstić information content (AvgIpc) is 3.32. The van der Waals surface area contributed by atoms with Crippen molar-refractivity contribution in [2.24, 2.45) is 0 Å². The van der Waals surface area contributed by atoms with Gasteiger partial charge >= 0.3 is 0 Å². The number of nitrogens with one attached hydrogen (secondary N) is 1. The van der Waals surface area contributed by atoms with Crippen molar-refractivity contribution >= 4 is 40.5 Å². The molecule has 172 valence electrons. The van der Waals surface area contributed by atoms with Crippen LogP contribution in [0.1, 0.15) is 40.3 Å². The summed E-state index contributed by atoms with van der Waals surface area (Å²) >= 11 is 18.8. The number of aromatic nitrogens is 3. The van der Waals surface area contributed by atoms with E-state index in [2.05, 4.69) is 50.7 Å². The molecule has 1 saturated heterocycles. The SMILES string of the molecule is Cc1cc(C2C(c3ccccn3)NC(=S)N2Cc2cccnc2)c(C)n1-c1cccc(Cl)c1Cl. The Hall–Kier alpha value is -2.93. The minimum absolute atomic E-state index is 0.0690. The smallest absolute Gasteiger partial charge is 0.170 e. The molecule has 1 aliphatic rings. The Morgan fingerprint density at radius 2 is 1.88 bits per heavy atom. The normalized spacial score (nSPS) is 17.8. The summed E-state index contributed by atoms with van der Waals surface area (Å²) in [4.78, 5) is 11.2. The number of hydrogen-bond donors (Lipinski definition) is 1. The number of thiocarbonyl (C=S) groups is 1. The Kier molecular flexibility index (Phi) is 6.30. The zero-order valence-electron chi connectivity index (χ0n) is 18.7. The van der Waals surface area contributed by atoms with Gasteiger partial charge in [-0.15, -0.1) is 0 Å². The van der Waals surface area contributed by atoms with Crippen LogP contribution in [0.4, 0.5) is 0 Å². The maximum absolute atomic E-state index is 6.61. The van der Waals surface area contributed by atoms with E-state index in [1.165, 1.54) is 0 Å². The van der Waals surface area contributed by atoms with E-state index in [1.807, 2.05) is 48.8 Å². The molecular formula is C26H23Cl2N5S. The van der Waals surface area contributed by atoms with Gasteiger partial charge in [0.2, 0.25) is 0 Å². The number of halogens is 2. The van der Waals surface area contributed by atoms with Crippen LogP contribution in [-0.2, 0) is 6.54 Å². The van der Waals surface area contributed by atoms with Gasteiger partial charge in [0.15, 0.2) is 5.11 Å². The van der Waals surface area contributed by atoms with Gasteiger partial charge in [0, 0.05) is 36.5 Å². The highest BCUT2D eigenvalue weighted by Crippen LogP contribution is 2.43. The quantitative estimate of drug-likeness (QED) is 0.318. The molecule has 0 spiro atoms. The Balaban J connectivity index is 1.64. The topological polar surface area (TPSA) is 46.0 Å². The number of rotatable bonds is 5. The van der Waals surface area contributed by atoms with E-state index in [4.69, 9.17) is 35.4 Å². The fraction of sp³-hybridized carbons (Fsp3) is 0.192. The molecule has 3 aromatic heterocycles. The molecule has 5 nitrogen and oxygen atoms in total. The maximum atomic E-state index is 6.61. The molecular weight excluding hydrogens is 485 g/mol. The van der Waals surface area contributed by atoms with Gasteiger partial charge in [0.05, 0.1) is 33.5 Å². The van der Waals surface area contributed by atoms with Crippen molar-refractivity contribution in [3.8, 4) is 5.69 Å². The number of nitrogens with zero attached hydrogens (tertiary/aromatic N) is 4. The molecule has 1 N–H and O–H groups in total. The van der Waals surface area contributed by atoms with E-state index in [9.17, 15) is 0 Å². The van der Waals surface area contributed by atoms with Crippen molar-refractivity contribution in [3.63, 3.8) is 0 Å². The molecule has 5 rings (SSSR count). The molecule has 1 fully saturated rings. The van der Waals surface area contributed by atoms with Gasteiger partial charge in [-0.25, -0.2) is 0 Å². The van der Waals surface area contributed by atoms with Gasteiger partial charge in [-0.1, -0.05) is 41.4 Å². The Bertz CT molecular complexity index is 1340. The maximum Gasteiger partial charge on any atom is 0.170 e. The summed E-state index contributed by atoms with van der Waals surface area (Å²) in [5.41, 5.74) is 6.18. The molecule has 4 aromatic rings. The lowest BCUT2D eigenvalue weighted by atomic mass is 9.96. The second-order valence-corrected chi connectivity index (χ2v) is 9.52. The molecule has 34 heavy (non-hydrogen) atoms. The zero-order chi connectivity index (χ0) is 23.8. The van der Waals surface area contributed by atoms with Gasteiger partial charge in [-0.2, -0.15) is 0 Å². The Labute approximate surface area is 214 Å². The van der Waals surface area contributed by atoms with Crippen LogP contribution in [0.5, 0.6) is 0 Å². The molecule has 0 bridgehead atoms. The molecule has 1 aliphatic heterocycles. The summed E-state index contributed by atoms with van der Waals surface area (Å²) in [6, 6.07) is 17.7. The standard InChI is InChI=1S/C26H23Cl2N5S/c1-16-13-19(17(2)33(16)22-10-5-8-20(27)23(22)28)25-24(21-9-3-4-12-30-21)31-26(34)32(25)15-18-7-6-11-29-14-18/h3-14,24-25H,15H2,1-2H3,(H,31,34). The highest BCUT2D eigenvalue weighted by molar-refractivity contribution is 7.80. The van der Waals surface area contributed by atoms with Crippen molar-refractivity contribution in [2.75, 3.05) is 0 Å². The van der Waals surface area contributed by atoms with Crippen LogP contribution in [0.15, 0.2) is 73.2 Å². The summed E-state index contributed by atoms with van der Waals surface area (Å²) in [6.45, 7) is 4.82. The average molecular weight is 508 g/mol. The van der Waals surface area contributed by atoms with Crippen LogP contribution in [0, 0.1) is 13.8 Å². The lowest BCUT2D eigenvalue weighted by Crippen LogP contribution is -2.29. The van der Waals surface area contributed by atoms with Crippen molar-refractivity contribution in [3.05, 3.63) is 111 Å². The Morgan fingerprint density at radius 1 is 1.03 bits per heavy atom. The second-order valence-electron chi connectivity index (χ2n) is 8.35. The molecule has 2 unspecified atom stereocenters. The summed E-state index contributed by atoms with van der Waals surface area (Å²) in [5.74, 6) is 0. The number of hydrogen-bond acceptors (Lipinski definition) is 3. The third-order valence-corrected chi connectivity index (χ3v) is 7.40. The number of aryl methyl sites for hydroxylation is 1. The highest BCUT2D eigenvalue weighted by Gasteiger charge is 2.41.